The van der Waals surface area contributed by atoms with Crippen LogP contribution in [0.25, 0.3) is 5.53 Å². The molecule has 3 N–H and O–H groups in total. The van der Waals surface area contributed by atoms with Crippen molar-refractivity contribution in [1.29, 1.82) is 5.26 Å². The fourth-order valence-corrected chi connectivity index (χ4v) is 2.08. The molecule has 0 unspecified atom stereocenters. The van der Waals surface area contributed by atoms with E-state index < -0.39 is 17.8 Å². The topological polar surface area (TPSA) is 182 Å². The highest BCUT2D eigenvalue weighted by atomic mass is 79.9. The van der Waals surface area contributed by atoms with Gasteiger partial charge >= 0.3 is 24.1 Å². The fourth-order valence-electron chi connectivity index (χ4n) is 1.92. The van der Waals surface area contributed by atoms with Crippen molar-refractivity contribution in [3.8, 4) is 6.07 Å². The average molecular weight is 641 g/mol. The van der Waals surface area contributed by atoms with Crippen molar-refractivity contribution in [2.75, 3.05) is 17.3 Å². The van der Waals surface area contributed by atoms with Gasteiger partial charge in [0, 0.05) is 20.0 Å². The number of hydrogen-bond acceptors (Lipinski definition) is 6. The Morgan fingerprint density at radius 3 is 1.78 bits per heavy atom. The average Bonchev–Trinajstić information content (AvgIpc) is 2.92. The standard InChI is InChI=1S/C11H12BrNO3.C9H9N3O.C2H3BrO2.C2H3N/c12-6-11(15)16-8-10(14)13-7-9-4-2-1-3-5-9;10-12-7-9(13)11-6-8-4-2-1-3-5-8;3-1-2(4)5;1-2-3/h1-5H,6-8H2,(H,13,14);1-5,7H,6H2,(H,11,13);1H2,(H,4,5);1H3. The maximum Gasteiger partial charge on any atom is 0.344 e. The van der Waals surface area contributed by atoms with Gasteiger partial charge in [-0.05, 0) is 11.1 Å². The van der Waals surface area contributed by atoms with E-state index in [1.54, 1.807) is 6.07 Å². The summed E-state index contributed by atoms with van der Waals surface area (Å²) in [5.74, 6) is -2.00. The van der Waals surface area contributed by atoms with Gasteiger partial charge in [-0.25, -0.2) is 0 Å². The number of aliphatic carboxylic acids is 1. The smallest absolute Gasteiger partial charge is 0.344 e. The number of nitrogens with zero attached hydrogens (tertiary/aromatic N) is 3. The van der Waals surface area contributed by atoms with Gasteiger partial charge in [0.25, 0.3) is 5.91 Å². The number of ether oxygens (including phenoxy) is 1. The van der Waals surface area contributed by atoms with Gasteiger partial charge < -0.3 is 26.0 Å². The van der Waals surface area contributed by atoms with Gasteiger partial charge in [-0.3, -0.25) is 19.2 Å². The van der Waals surface area contributed by atoms with Gasteiger partial charge in [0.05, 0.1) is 6.07 Å². The molecule has 2 aromatic carbocycles. The normalized spacial score (nSPS) is 8.38. The molecule has 0 saturated heterocycles. The third kappa shape index (κ3) is 25.1. The maximum absolute atomic E-state index is 11.2. The molecule has 2 rings (SSSR count). The van der Waals surface area contributed by atoms with Gasteiger partial charge in [-0.1, -0.05) is 92.5 Å². The van der Waals surface area contributed by atoms with Crippen LogP contribution in [0.2, 0.25) is 0 Å². The molecule has 198 valence electrons. The van der Waals surface area contributed by atoms with Gasteiger partial charge in [0.2, 0.25) is 0 Å². The number of carbonyl (C=O) groups is 4. The monoisotopic (exact) mass is 639 g/mol. The van der Waals surface area contributed by atoms with E-state index in [1.807, 2.05) is 60.7 Å². The minimum absolute atomic E-state index is 0.0347. The molecule has 37 heavy (non-hydrogen) atoms. The molecule has 0 fully saturated rings. The first kappa shape index (κ1) is 35.3. The highest BCUT2D eigenvalue weighted by Crippen LogP contribution is 1.97. The largest absolute Gasteiger partial charge is 0.481 e. The molecule has 13 heteroatoms. The Kier molecular flexibility index (Phi) is 24.1. The van der Waals surface area contributed by atoms with E-state index in [9.17, 15) is 19.2 Å². The lowest BCUT2D eigenvalue weighted by atomic mass is 10.2. The van der Waals surface area contributed by atoms with Crippen molar-refractivity contribution in [3.63, 3.8) is 0 Å². The predicted molar refractivity (Wildman–Crippen MR) is 144 cm³/mol. The molecule has 0 atom stereocenters. The first-order chi connectivity index (χ1) is 17.7. The van der Waals surface area contributed by atoms with Gasteiger partial charge in [-0.2, -0.15) is 10.1 Å². The van der Waals surface area contributed by atoms with E-state index in [0.29, 0.717) is 13.1 Å². The van der Waals surface area contributed by atoms with Crippen molar-refractivity contribution in [2.24, 2.45) is 0 Å². The van der Waals surface area contributed by atoms with E-state index in [0.717, 1.165) is 17.3 Å². The summed E-state index contributed by atoms with van der Waals surface area (Å²) in [4.78, 5) is 44.7. The minimum Gasteiger partial charge on any atom is -0.481 e. The highest BCUT2D eigenvalue weighted by molar-refractivity contribution is 9.09. The van der Waals surface area contributed by atoms with Crippen LogP contribution >= 0.6 is 31.9 Å². The predicted octanol–water partition coefficient (Wildman–Crippen LogP) is 2.84. The molecule has 0 aliphatic carbocycles. The molecule has 11 nitrogen and oxygen atoms in total. The number of hydrogen-bond donors (Lipinski definition) is 3. The molecular formula is C24H27Br2N5O6. The van der Waals surface area contributed by atoms with Crippen molar-refractivity contribution >= 4 is 61.8 Å². The van der Waals surface area contributed by atoms with Gasteiger partial charge in [0.15, 0.2) is 6.61 Å². The molecule has 0 aromatic heterocycles. The molecule has 0 radical (unpaired) electrons. The second-order valence-corrected chi connectivity index (χ2v) is 7.38. The summed E-state index contributed by atoms with van der Waals surface area (Å²) < 4.78 is 4.64. The third-order valence-corrected chi connectivity index (χ3v) is 4.34. The molecule has 0 bridgehead atoms. The maximum atomic E-state index is 11.2. The second-order valence-electron chi connectivity index (χ2n) is 6.26. The molecular weight excluding hydrogens is 614 g/mol. The Labute approximate surface area is 231 Å². The van der Waals surface area contributed by atoms with Crippen LogP contribution < -0.4 is 10.6 Å². The number of carbonyl (C=O) groups excluding carboxylic acids is 3. The quantitative estimate of drug-likeness (QED) is 0.124. The van der Waals surface area contributed by atoms with E-state index in [1.165, 1.54) is 6.92 Å². The van der Waals surface area contributed by atoms with Crippen molar-refractivity contribution < 1.29 is 33.8 Å². The highest BCUT2D eigenvalue weighted by Gasteiger charge is 2.05. The summed E-state index contributed by atoms with van der Waals surface area (Å²) in [6, 6.07) is 20.7. The van der Waals surface area contributed by atoms with E-state index >= 15 is 0 Å². The molecule has 0 saturated carbocycles. The van der Waals surface area contributed by atoms with Crippen LogP contribution in [0.3, 0.4) is 0 Å². The second kappa shape index (κ2) is 25.2. The summed E-state index contributed by atoms with van der Waals surface area (Å²) in [6.45, 7) is 2.06. The number of nitrogens with one attached hydrogen (secondary N) is 2. The first-order valence-electron chi connectivity index (χ1n) is 10.3. The lowest BCUT2D eigenvalue weighted by Crippen LogP contribution is -2.28. The lowest BCUT2D eigenvalue weighted by molar-refractivity contribution is -0.145. The zero-order chi connectivity index (χ0) is 28.3. The van der Waals surface area contributed by atoms with Gasteiger partial charge in [-0.15, -0.1) is 0 Å². The molecule has 0 heterocycles. The number of amides is 2. The summed E-state index contributed by atoms with van der Waals surface area (Å²) in [5.41, 5.74) is 10.0. The number of rotatable bonds is 9. The third-order valence-electron chi connectivity index (χ3n) is 3.40. The number of carboxylic acid groups (broad SMARTS) is 1. The van der Waals surface area contributed by atoms with Crippen LogP contribution in [-0.2, 0) is 37.0 Å². The Bertz CT molecular complexity index is 1030. The van der Waals surface area contributed by atoms with Crippen molar-refractivity contribution in [3.05, 3.63) is 77.3 Å². The number of carboxylic acids is 1. The molecule has 2 amide bonds. The summed E-state index contributed by atoms with van der Waals surface area (Å²) >= 11 is 5.65. The Morgan fingerprint density at radius 1 is 0.973 bits per heavy atom. The Balaban J connectivity index is 0. The van der Waals surface area contributed by atoms with Crippen molar-refractivity contribution in [1.82, 2.24) is 10.6 Å². The molecule has 0 spiro atoms. The molecule has 0 aliphatic rings. The van der Waals surface area contributed by atoms with Crippen LogP contribution in [0.5, 0.6) is 0 Å². The van der Waals surface area contributed by atoms with Crippen LogP contribution in [-0.4, -0.2) is 57.1 Å². The SMILES string of the molecule is CC#N.O=C(COC(=O)CBr)NCc1ccccc1.O=C(O)CBr.[N-]=[N+]=CC(=O)NCc1ccccc1. The van der Waals surface area contributed by atoms with Crippen LogP contribution in [0.15, 0.2) is 60.7 Å². The number of alkyl halides is 2. The number of halogens is 2. The molecule has 2 aromatic rings. The van der Waals surface area contributed by atoms with Gasteiger partial charge in [0.1, 0.15) is 10.7 Å². The summed E-state index contributed by atoms with van der Waals surface area (Å²) in [5, 5.41) is 20.3. The zero-order valence-corrected chi connectivity index (χ0v) is 23.1. The van der Waals surface area contributed by atoms with E-state index in [2.05, 4.69) is 52.0 Å². The lowest BCUT2D eigenvalue weighted by Gasteiger charge is -2.05. The summed E-state index contributed by atoms with van der Waals surface area (Å²) in [7, 11) is 0. The number of benzene rings is 2. The number of esters is 1. The zero-order valence-electron chi connectivity index (χ0n) is 20.0. The van der Waals surface area contributed by atoms with Crippen LogP contribution in [0, 0.1) is 11.3 Å². The van der Waals surface area contributed by atoms with E-state index in [-0.39, 0.29) is 23.2 Å². The van der Waals surface area contributed by atoms with Crippen LogP contribution in [0.4, 0.5) is 0 Å². The summed E-state index contributed by atoms with van der Waals surface area (Å²) in [6.07, 6.45) is 0.822. The first-order valence-corrected chi connectivity index (χ1v) is 12.6. The fraction of sp³-hybridized carbons (Fsp3) is 0.250. The van der Waals surface area contributed by atoms with Crippen molar-refractivity contribution in [2.45, 2.75) is 20.0 Å². The van der Waals surface area contributed by atoms with Crippen LogP contribution in [0.1, 0.15) is 18.1 Å². The Morgan fingerprint density at radius 2 is 1.41 bits per heavy atom. The Hall–Kier alpha value is -3.85. The minimum atomic E-state index is -0.829. The molecule has 0 aliphatic heterocycles. The van der Waals surface area contributed by atoms with E-state index in [4.69, 9.17) is 15.9 Å². The number of nitriles is 1.